The van der Waals surface area contributed by atoms with Gasteiger partial charge in [0, 0.05) is 25.7 Å². The van der Waals surface area contributed by atoms with Gasteiger partial charge in [-0.1, -0.05) is 12.1 Å². The number of nitrogens with zero attached hydrogens (tertiary/aromatic N) is 2. The molecule has 1 atom stereocenters. The van der Waals surface area contributed by atoms with E-state index in [9.17, 15) is 14.9 Å². The number of hydrogen-bond acceptors (Lipinski definition) is 4. The monoisotopic (exact) mass is 277 g/mol. The molecule has 1 aromatic carbocycles. The minimum atomic E-state index is -0.493. The van der Waals surface area contributed by atoms with Crippen LogP contribution in [0.3, 0.4) is 0 Å². The van der Waals surface area contributed by atoms with E-state index in [1.807, 2.05) is 0 Å². The van der Waals surface area contributed by atoms with E-state index in [1.54, 1.807) is 31.0 Å². The Bertz CT molecular complexity index is 524. The molecule has 1 aromatic rings. The molecule has 6 heteroatoms. The van der Waals surface area contributed by atoms with E-state index in [2.05, 4.69) is 5.32 Å². The van der Waals surface area contributed by atoms with Gasteiger partial charge in [0.05, 0.1) is 4.92 Å². The Labute approximate surface area is 117 Å². The maximum absolute atomic E-state index is 12.6. The van der Waals surface area contributed by atoms with E-state index in [4.69, 9.17) is 0 Å². The minimum Gasteiger partial charge on any atom is -0.337 e. The van der Waals surface area contributed by atoms with Crippen molar-refractivity contribution in [3.63, 3.8) is 0 Å². The molecule has 0 aromatic heterocycles. The van der Waals surface area contributed by atoms with Crippen molar-refractivity contribution in [2.75, 3.05) is 20.1 Å². The van der Waals surface area contributed by atoms with Crippen LogP contribution >= 0.6 is 0 Å². The molecule has 1 N–H and O–H groups in total. The molecule has 1 unspecified atom stereocenters. The lowest BCUT2D eigenvalue weighted by Crippen LogP contribution is -2.46. The molecule has 1 amide bonds. The van der Waals surface area contributed by atoms with Gasteiger partial charge >= 0.3 is 0 Å². The summed E-state index contributed by atoms with van der Waals surface area (Å²) in [5, 5.41) is 14.3. The van der Waals surface area contributed by atoms with E-state index < -0.39 is 4.92 Å². The summed E-state index contributed by atoms with van der Waals surface area (Å²) in [7, 11) is 1.72. The van der Waals surface area contributed by atoms with E-state index in [1.165, 1.54) is 6.07 Å². The zero-order valence-corrected chi connectivity index (χ0v) is 11.8. The van der Waals surface area contributed by atoms with Crippen molar-refractivity contribution in [1.29, 1.82) is 0 Å². The summed E-state index contributed by atoms with van der Waals surface area (Å²) >= 11 is 0. The summed E-state index contributed by atoms with van der Waals surface area (Å²) in [6.07, 6.45) is 1.94. The Morgan fingerprint density at radius 1 is 1.50 bits per heavy atom. The number of carbonyl (C=O) groups is 1. The Balaban J connectivity index is 2.30. The van der Waals surface area contributed by atoms with Crippen LogP contribution in [0.2, 0.25) is 0 Å². The van der Waals surface area contributed by atoms with Crippen LogP contribution in [-0.2, 0) is 0 Å². The van der Waals surface area contributed by atoms with Crippen molar-refractivity contribution in [3.8, 4) is 0 Å². The van der Waals surface area contributed by atoms with Crippen LogP contribution < -0.4 is 5.32 Å². The molecule has 0 saturated carbocycles. The van der Waals surface area contributed by atoms with Crippen LogP contribution in [0.25, 0.3) is 0 Å². The first-order chi connectivity index (χ1) is 9.52. The van der Waals surface area contributed by atoms with Crippen molar-refractivity contribution in [2.24, 2.45) is 0 Å². The molecule has 1 heterocycles. The number of rotatable bonds is 3. The quantitative estimate of drug-likeness (QED) is 0.674. The van der Waals surface area contributed by atoms with Crippen molar-refractivity contribution in [3.05, 3.63) is 39.4 Å². The third-order valence-electron chi connectivity index (χ3n) is 3.80. The Morgan fingerprint density at radius 2 is 2.25 bits per heavy atom. The second kappa shape index (κ2) is 6.00. The molecule has 6 nitrogen and oxygen atoms in total. The summed E-state index contributed by atoms with van der Waals surface area (Å²) in [5.41, 5.74) is 0.719. The summed E-state index contributed by atoms with van der Waals surface area (Å²) in [6.45, 7) is 3.43. The van der Waals surface area contributed by atoms with Crippen molar-refractivity contribution in [1.82, 2.24) is 10.2 Å². The summed E-state index contributed by atoms with van der Waals surface area (Å²) in [5.74, 6) is -0.275. The number of nitro benzene ring substituents is 1. The number of likely N-dealkylation sites (N-methyl/N-ethyl adjacent to an activating group) is 1. The van der Waals surface area contributed by atoms with Crippen LogP contribution in [0.5, 0.6) is 0 Å². The van der Waals surface area contributed by atoms with Crippen molar-refractivity contribution < 1.29 is 9.72 Å². The summed E-state index contributed by atoms with van der Waals surface area (Å²) < 4.78 is 0. The first kappa shape index (κ1) is 14.5. The first-order valence-electron chi connectivity index (χ1n) is 6.74. The number of nitro groups is 1. The molecule has 0 spiro atoms. The average Bonchev–Trinajstić information content (AvgIpc) is 2.46. The maximum atomic E-state index is 12.6. The number of carbonyl (C=O) groups excluding carboxylic acids is 1. The highest BCUT2D eigenvalue weighted by molar-refractivity contribution is 5.99. The number of amides is 1. The van der Waals surface area contributed by atoms with Crippen LogP contribution in [0.4, 0.5) is 5.69 Å². The second-order valence-corrected chi connectivity index (χ2v) is 5.14. The lowest BCUT2D eigenvalue weighted by molar-refractivity contribution is -0.385. The van der Waals surface area contributed by atoms with Crippen LogP contribution in [-0.4, -0.2) is 41.9 Å². The molecule has 1 saturated heterocycles. The molecule has 20 heavy (non-hydrogen) atoms. The third kappa shape index (κ3) is 2.80. The van der Waals surface area contributed by atoms with E-state index in [0.717, 1.165) is 25.9 Å². The first-order valence-corrected chi connectivity index (χ1v) is 6.74. The van der Waals surface area contributed by atoms with E-state index in [0.29, 0.717) is 5.56 Å². The standard InChI is InChI=1S/C14H19N3O3/c1-10-5-3-7-12(17(19)20)13(10)14(18)16(2)11-6-4-8-15-9-11/h3,5,7,11,15H,4,6,8-9H2,1-2H3. The van der Waals surface area contributed by atoms with Crippen LogP contribution in [0.1, 0.15) is 28.8 Å². The van der Waals surface area contributed by atoms with Crippen molar-refractivity contribution in [2.45, 2.75) is 25.8 Å². The zero-order chi connectivity index (χ0) is 14.7. The molecule has 1 fully saturated rings. The molecule has 1 aliphatic heterocycles. The van der Waals surface area contributed by atoms with Gasteiger partial charge in [-0.2, -0.15) is 0 Å². The number of benzene rings is 1. The Hall–Kier alpha value is -1.95. The summed E-state index contributed by atoms with van der Waals surface area (Å²) in [6, 6.07) is 4.81. The average molecular weight is 277 g/mol. The van der Waals surface area contributed by atoms with Gasteiger partial charge in [-0.25, -0.2) is 0 Å². The highest BCUT2D eigenvalue weighted by atomic mass is 16.6. The normalized spacial score (nSPS) is 18.6. The lowest BCUT2D eigenvalue weighted by atomic mass is 10.0. The van der Waals surface area contributed by atoms with Gasteiger partial charge in [0.15, 0.2) is 0 Å². The topological polar surface area (TPSA) is 75.5 Å². The highest BCUT2D eigenvalue weighted by Gasteiger charge is 2.29. The smallest absolute Gasteiger partial charge is 0.282 e. The molecular weight excluding hydrogens is 258 g/mol. The lowest BCUT2D eigenvalue weighted by Gasteiger charge is -2.32. The molecule has 108 valence electrons. The Morgan fingerprint density at radius 3 is 2.85 bits per heavy atom. The Kier molecular flexibility index (Phi) is 4.34. The predicted molar refractivity (Wildman–Crippen MR) is 75.8 cm³/mol. The van der Waals surface area contributed by atoms with Gasteiger partial charge < -0.3 is 10.2 Å². The van der Waals surface area contributed by atoms with E-state index in [-0.39, 0.29) is 23.2 Å². The highest BCUT2D eigenvalue weighted by Crippen LogP contribution is 2.24. The van der Waals surface area contributed by atoms with Gasteiger partial charge in [0.2, 0.25) is 0 Å². The number of hydrogen-bond donors (Lipinski definition) is 1. The van der Waals surface area contributed by atoms with E-state index >= 15 is 0 Å². The largest absolute Gasteiger partial charge is 0.337 e. The minimum absolute atomic E-state index is 0.0930. The summed E-state index contributed by atoms with van der Waals surface area (Å²) in [4.78, 5) is 24.8. The molecule has 0 aliphatic carbocycles. The fraction of sp³-hybridized carbons (Fsp3) is 0.500. The van der Waals surface area contributed by atoms with Gasteiger partial charge in [0.1, 0.15) is 5.56 Å². The van der Waals surface area contributed by atoms with Gasteiger partial charge in [-0.15, -0.1) is 0 Å². The third-order valence-corrected chi connectivity index (χ3v) is 3.80. The molecule has 0 bridgehead atoms. The predicted octanol–water partition coefficient (Wildman–Crippen LogP) is 1.73. The van der Waals surface area contributed by atoms with Crippen molar-refractivity contribution >= 4 is 11.6 Å². The van der Waals surface area contributed by atoms with Crippen LogP contribution in [0, 0.1) is 17.0 Å². The van der Waals surface area contributed by atoms with Gasteiger partial charge in [-0.3, -0.25) is 14.9 Å². The fourth-order valence-corrected chi connectivity index (χ4v) is 2.59. The number of aryl methyl sites for hydroxylation is 1. The zero-order valence-electron chi connectivity index (χ0n) is 11.8. The SMILES string of the molecule is Cc1cccc([N+](=O)[O-])c1C(=O)N(C)C1CCCNC1. The molecular formula is C14H19N3O3. The molecule has 1 aliphatic rings. The molecule has 2 rings (SSSR count). The number of piperidine rings is 1. The fourth-order valence-electron chi connectivity index (χ4n) is 2.59. The maximum Gasteiger partial charge on any atom is 0.282 e. The van der Waals surface area contributed by atoms with Gasteiger partial charge in [0.25, 0.3) is 11.6 Å². The van der Waals surface area contributed by atoms with Crippen LogP contribution in [0.15, 0.2) is 18.2 Å². The molecule has 0 radical (unpaired) electrons. The second-order valence-electron chi connectivity index (χ2n) is 5.14. The number of nitrogens with one attached hydrogen (secondary N) is 1. The van der Waals surface area contributed by atoms with Gasteiger partial charge in [-0.05, 0) is 31.9 Å².